The van der Waals surface area contributed by atoms with Gasteiger partial charge in [0.05, 0.1) is 5.70 Å². The summed E-state index contributed by atoms with van der Waals surface area (Å²) in [5.41, 5.74) is 7.99. The van der Waals surface area contributed by atoms with E-state index in [2.05, 4.69) is 4.98 Å². The predicted octanol–water partition coefficient (Wildman–Crippen LogP) is 1.36. The van der Waals surface area contributed by atoms with E-state index in [1.54, 1.807) is 12.3 Å². The van der Waals surface area contributed by atoms with Gasteiger partial charge in [-0.05, 0) is 13.0 Å². The monoisotopic (exact) mass is 188 g/mol. The summed E-state index contributed by atoms with van der Waals surface area (Å²) in [6, 6.07) is 3.61. The van der Waals surface area contributed by atoms with Crippen LogP contribution in [-0.4, -0.2) is 17.4 Å². The average Bonchev–Trinajstić information content (AvgIpc) is 2.21. The lowest BCUT2D eigenvalue weighted by Crippen LogP contribution is -2.05. The summed E-state index contributed by atoms with van der Waals surface area (Å²) in [4.78, 5) is 4.10. The van der Waals surface area contributed by atoms with E-state index in [1.807, 2.05) is 13.0 Å². The molecule has 0 spiro atoms. The highest BCUT2D eigenvalue weighted by molar-refractivity contribution is 6.14. The Kier molecular flexibility index (Phi) is 3.12. The van der Waals surface area contributed by atoms with Crippen LogP contribution in [0.3, 0.4) is 0 Å². The molecule has 1 aromatic heterocycles. The quantitative estimate of drug-likeness (QED) is 0.625. The van der Waals surface area contributed by atoms with Crippen LogP contribution < -0.4 is 5.73 Å². The SMILES string of the molecule is Cc1ncccc1/C(C=N)=C(\N)C=N. The van der Waals surface area contributed by atoms with Crippen molar-refractivity contribution < 1.29 is 0 Å². The van der Waals surface area contributed by atoms with Gasteiger partial charge in [-0.25, -0.2) is 0 Å². The summed E-state index contributed by atoms with van der Waals surface area (Å²) in [7, 11) is 0. The number of nitrogens with one attached hydrogen (secondary N) is 2. The lowest BCUT2D eigenvalue weighted by Gasteiger charge is -2.06. The zero-order valence-corrected chi connectivity index (χ0v) is 7.91. The highest BCUT2D eigenvalue weighted by Gasteiger charge is 2.05. The van der Waals surface area contributed by atoms with E-state index in [-0.39, 0.29) is 5.70 Å². The van der Waals surface area contributed by atoms with Gasteiger partial charge >= 0.3 is 0 Å². The topological polar surface area (TPSA) is 86.6 Å². The van der Waals surface area contributed by atoms with Crippen LogP contribution in [-0.2, 0) is 0 Å². The molecule has 0 fully saturated rings. The minimum atomic E-state index is 0.274. The van der Waals surface area contributed by atoms with Crippen LogP contribution in [0.4, 0.5) is 0 Å². The summed E-state index contributed by atoms with van der Waals surface area (Å²) in [6.45, 7) is 1.84. The van der Waals surface area contributed by atoms with Crippen LogP contribution in [0.25, 0.3) is 5.57 Å². The van der Waals surface area contributed by atoms with Gasteiger partial charge in [-0.2, -0.15) is 0 Å². The lowest BCUT2D eigenvalue weighted by molar-refractivity contribution is 1.18. The fourth-order valence-corrected chi connectivity index (χ4v) is 1.16. The van der Waals surface area contributed by atoms with Gasteiger partial charge in [-0.1, -0.05) is 6.07 Å². The Hall–Kier alpha value is -1.97. The Morgan fingerprint density at radius 2 is 2.14 bits per heavy atom. The van der Waals surface area contributed by atoms with Crippen molar-refractivity contribution in [1.29, 1.82) is 10.8 Å². The van der Waals surface area contributed by atoms with Gasteiger partial charge in [0.15, 0.2) is 0 Å². The van der Waals surface area contributed by atoms with Crippen molar-refractivity contribution >= 4 is 18.0 Å². The molecule has 4 N–H and O–H groups in total. The van der Waals surface area contributed by atoms with Crippen molar-refractivity contribution in [2.75, 3.05) is 0 Å². The number of rotatable bonds is 3. The average molecular weight is 188 g/mol. The molecule has 0 atom stereocenters. The first-order valence-corrected chi connectivity index (χ1v) is 4.13. The molecule has 0 radical (unpaired) electrons. The van der Waals surface area contributed by atoms with Gasteiger partial charge in [0.25, 0.3) is 0 Å². The second-order valence-corrected chi connectivity index (χ2v) is 2.79. The van der Waals surface area contributed by atoms with Gasteiger partial charge in [-0.3, -0.25) is 4.98 Å². The van der Waals surface area contributed by atoms with Crippen molar-refractivity contribution in [2.24, 2.45) is 5.73 Å². The second kappa shape index (κ2) is 4.32. The molecule has 0 aromatic carbocycles. The number of nitrogens with two attached hydrogens (primary N) is 1. The molecule has 72 valence electrons. The van der Waals surface area contributed by atoms with Crippen LogP contribution in [0.2, 0.25) is 0 Å². The molecule has 0 amide bonds. The van der Waals surface area contributed by atoms with E-state index >= 15 is 0 Å². The Morgan fingerprint density at radius 1 is 1.43 bits per heavy atom. The molecule has 0 saturated carbocycles. The van der Waals surface area contributed by atoms with Crippen molar-refractivity contribution in [1.82, 2.24) is 4.98 Å². The van der Waals surface area contributed by atoms with Gasteiger partial charge in [-0.15, -0.1) is 0 Å². The van der Waals surface area contributed by atoms with Crippen LogP contribution >= 0.6 is 0 Å². The smallest absolute Gasteiger partial charge is 0.0588 e. The zero-order chi connectivity index (χ0) is 10.6. The number of aromatic nitrogens is 1. The second-order valence-electron chi connectivity index (χ2n) is 2.79. The van der Waals surface area contributed by atoms with Gasteiger partial charge in [0, 0.05) is 35.5 Å². The Morgan fingerprint density at radius 3 is 2.64 bits per heavy atom. The third-order valence-corrected chi connectivity index (χ3v) is 1.91. The Bertz CT molecular complexity index is 393. The molecular weight excluding hydrogens is 176 g/mol. The van der Waals surface area contributed by atoms with Crippen molar-refractivity contribution in [2.45, 2.75) is 6.92 Å². The maximum absolute atomic E-state index is 7.23. The summed E-state index contributed by atoms with van der Waals surface area (Å²) in [5, 5.41) is 14.3. The molecule has 0 aliphatic heterocycles. The van der Waals surface area contributed by atoms with Crippen LogP contribution in [0.15, 0.2) is 24.0 Å². The largest absolute Gasteiger partial charge is 0.397 e. The molecule has 4 heteroatoms. The number of pyridine rings is 1. The number of allylic oxidation sites excluding steroid dienone is 2. The molecule has 1 heterocycles. The maximum atomic E-state index is 7.23. The Labute approximate surface area is 82.5 Å². The van der Waals surface area contributed by atoms with E-state index in [0.29, 0.717) is 5.57 Å². The highest BCUT2D eigenvalue weighted by Crippen LogP contribution is 2.15. The molecule has 14 heavy (non-hydrogen) atoms. The van der Waals surface area contributed by atoms with E-state index in [4.69, 9.17) is 16.6 Å². The van der Waals surface area contributed by atoms with Crippen LogP contribution in [0, 0.1) is 17.7 Å². The predicted molar refractivity (Wildman–Crippen MR) is 57.6 cm³/mol. The first kappa shape index (κ1) is 10.1. The Balaban J connectivity index is 3.34. The summed E-state index contributed by atoms with van der Waals surface area (Å²) in [5.74, 6) is 0. The summed E-state index contributed by atoms with van der Waals surface area (Å²) >= 11 is 0. The van der Waals surface area contributed by atoms with Gasteiger partial charge in [0.2, 0.25) is 0 Å². The highest BCUT2D eigenvalue weighted by atomic mass is 14.7. The first-order chi connectivity index (χ1) is 6.70. The fraction of sp³-hybridized carbons (Fsp3) is 0.100. The molecular formula is C10H12N4. The van der Waals surface area contributed by atoms with E-state index in [9.17, 15) is 0 Å². The zero-order valence-electron chi connectivity index (χ0n) is 7.91. The molecule has 0 saturated heterocycles. The molecule has 0 unspecified atom stereocenters. The fourth-order valence-electron chi connectivity index (χ4n) is 1.16. The normalized spacial score (nSPS) is 11.8. The molecule has 0 aliphatic rings. The van der Waals surface area contributed by atoms with Crippen LogP contribution in [0.1, 0.15) is 11.3 Å². The minimum absolute atomic E-state index is 0.274. The lowest BCUT2D eigenvalue weighted by atomic mass is 10.0. The summed E-state index contributed by atoms with van der Waals surface area (Å²) in [6.07, 6.45) is 3.86. The molecule has 1 rings (SSSR count). The summed E-state index contributed by atoms with van der Waals surface area (Å²) < 4.78 is 0. The number of aryl methyl sites for hydroxylation is 1. The number of hydrogen-bond acceptors (Lipinski definition) is 4. The van der Waals surface area contributed by atoms with Gasteiger partial charge in [0.1, 0.15) is 0 Å². The number of hydrogen-bond donors (Lipinski definition) is 3. The van der Waals surface area contributed by atoms with Crippen LogP contribution in [0.5, 0.6) is 0 Å². The van der Waals surface area contributed by atoms with Crippen molar-refractivity contribution in [3.63, 3.8) is 0 Å². The van der Waals surface area contributed by atoms with Crippen molar-refractivity contribution in [3.8, 4) is 0 Å². The standard InChI is InChI=1S/C10H12N4/c1-7-8(3-2-4-14-7)9(5-11)10(13)6-12/h2-6,11-12H,13H2,1H3/b10-9-,11-5?,12-6?. The minimum Gasteiger partial charge on any atom is -0.397 e. The molecule has 0 bridgehead atoms. The van der Waals surface area contributed by atoms with Gasteiger partial charge < -0.3 is 16.6 Å². The van der Waals surface area contributed by atoms with E-state index in [1.165, 1.54) is 0 Å². The maximum Gasteiger partial charge on any atom is 0.0588 e. The van der Waals surface area contributed by atoms with E-state index < -0.39 is 0 Å². The van der Waals surface area contributed by atoms with Crippen molar-refractivity contribution in [3.05, 3.63) is 35.3 Å². The third kappa shape index (κ3) is 1.85. The third-order valence-electron chi connectivity index (χ3n) is 1.91. The van der Waals surface area contributed by atoms with E-state index in [0.717, 1.165) is 23.7 Å². The molecule has 0 aliphatic carbocycles. The number of nitrogens with zero attached hydrogens (tertiary/aromatic N) is 1. The molecule has 1 aromatic rings. The molecule has 4 nitrogen and oxygen atoms in total. The first-order valence-electron chi connectivity index (χ1n) is 4.13.